The molecule has 0 unspecified atom stereocenters. The summed E-state index contributed by atoms with van der Waals surface area (Å²) in [6.45, 7) is 0.804. The van der Waals surface area contributed by atoms with Gasteiger partial charge < -0.3 is 5.32 Å². The highest BCUT2D eigenvalue weighted by molar-refractivity contribution is 7.90. The molecular formula is C21H20N4O2S. The molecule has 0 radical (unpaired) electrons. The first-order chi connectivity index (χ1) is 13.5. The van der Waals surface area contributed by atoms with Crippen LogP contribution in [0, 0.1) is 17.2 Å². The van der Waals surface area contributed by atoms with E-state index in [1.165, 1.54) is 19.1 Å². The summed E-state index contributed by atoms with van der Waals surface area (Å²) in [7, 11) is -3.28. The van der Waals surface area contributed by atoms with Gasteiger partial charge in [0.15, 0.2) is 15.5 Å². The highest BCUT2D eigenvalue weighted by Crippen LogP contribution is 2.33. The zero-order valence-electron chi connectivity index (χ0n) is 15.5. The van der Waals surface area contributed by atoms with Gasteiger partial charge in [-0.2, -0.15) is 5.26 Å². The second-order valence-corrected chi connectivity index (χ2v) is 9.24. The predicted octanol–water partition coefficient (Wildman–Crippen LogP) is 3.78. The number of nitrogens with one attached hydrogen (secondary N) is 1. The average molecular weight is 392 g/mol. The van der Waals surface area contributed by atoms with E-state index in [4.69, 9.17) is 0 Å². The van der Waals surface area contributed by atoms with Gasteiger partial charge in [-0.05, 0) is 47.7 Å². The molecule has 0 aliphatic heterocycles. The lowest BCUT2D eigenvalue weighted by atomic mass is 10.0. The largest absolute Gasteiger partial charge is 0.382 e. The average Bonchev–Trinajstić information content (AvgIpc) is 3.51. The van der Waals surface area contributed by atoms with Crippen LogP contribution in [-0.4, -0.2) is 31.4 Å². The Hall–Kier alpha value is -2.98. The molecule has 1 aromatic heterocycles. The van der Waals surface area contributed by atoms with Gasteiger partial charge in [-0.25, -0.2) is 8.42 Å². The van der Waals surface area contributed by atoms with Crippen molar-refractivity contribution in [3.63, 3.8) is 0 Å². The van der Waals surface area contributed by atoms with Gasteiger partial charge in [0.25, 0.3) is 0 Å². The maximum Gasteiger partial charge on any atom is 0.186 e. The normalized spacial score (nSPS) is 14.0. The monoisotopic (exact) mass is 392 g/mol. The molecule has 6 nitrogen and oxygen atoms in total. The fourth-order valence-electron chi connectivity index (χ4n) is 3.26. The highest BCUT2D eigenvalue weighted by Gasteiger charge is 2.21. The summed E-state index contributed by atoms with van der Waals surface area (Å²) in [5.74, 6) is 0.799. The molecular weight excluding hydrogens is 372 g/mol. The molecule has 4 rings (SSSR count). The molecule has 1 fully saturated rings. The van der Waals surface area contributed by atoms with Crippen LogP contribution in [0.1, 0.15) is 25.0 Å². The van der Waals surface area contributed by atoms with E-state index < -0.39 is 9.84 Å². The van der Waals surface area contributed by atoms with E-state index in [2.05, 4.69) is 21.6 Å². The molecule has 0 atom stereocenters. The van der Waals surface area contributed by atoms with Crippen molar-refractivity contribution >= 4 is 26.4 Å². The van der Waals surface area contributed by atoms with E-state index >= 15 is 0 Å². The van der Waals surface area contributed by atoms with Crippen LogP contribution < -0.4 is 5.32 Å². The number of nitrogens with zero attached hydrogens (tertiary/aromatic N) is 3. The number of hydrogen-bond acceptors (Lipinski definition) is 6. The summed E-state index contributed by atoms with van der Waals surface area (Å²) < 4.78 is 23.7. The second kappa shape index (κ2) is 7.21. The third-order valence-corrected chi connectivity index (χ3v) is 6.12. The summed E-state index contributed by atoms with van der Waals surface area (Å²) >= 11 is 0. The Balaban J connectivity index is 1.72. The smallest absolute Gasteiger partial charge is 0.186 e. The van der Waals surface area contributed by atoms with Gasteiger partial charge in [0, 0.05) is 18.2 Å². The number of benzene rings is 2. The van der Waals surface area contributed by atoms with Crippen molar-refractivity contribution in [1.29, 1.82) is 5.26 Å². The van der Waals surface area contributed by atoms with Crippen LogP contribution in [0.2, 0.25) is 0 Å². The lowest BCUT2D eigenvalue weighted by Gasteiger charge is -2.11. The van der Waals surface area contributed by atoms with Crippen LogP contribution in [-0.2, 0) is 9.84 Å². The molecule has 0 saturated heterocycles. The third-order valence-electron chi connectivity index (χ3n) is 5.01. The van der Waals surface area contributed by atoms with Crippen LogP contribution in [0.4, 0.5) is 5.69 Å². The number of rotatable bonds is 6. The Labute approximate surface area is 164 Å². The van der Waals surface area contributed by atoms with Gasteiger partial charge in [-0.15, -0.1) is 10.2 Å². The molecule has 2 aromatic carbocycles. The van der Waals surface area contributed by atoms with Crippen LogP contribution in [0.15, 0.2) is 47.4 Å². The van der Waals surface area contributed by atoms with Crippen molar-refractivity contribution in [1.82, 2.24) is 10.2 Å². The summed E-state index contributed by atoms with van der Waals surface area (Å²) in [6.07, 6.45) is 4.86. The minimum Gasteiger partial charge on any atom is -0.382 e. The Morgan fingerprint density at radius 2 is 1.93 bits per heavy atom. The second-order valence-electron chi connectivity index (χ2n) is 7.23. The Bertz CT molecular complexity index is 1190. The number of nitriles is 1. The Morgan fingerprint density at radius 1 is 1.14 bits per heavy atom. The molecule has 0 bridgehead atoms. The van der Waals surface area contributed by atoms with Crippen molar-refractivity contribution < 1.29 is 8.42 Å². The first-order valence-electron chi connectivity index (χ1n) is 9.20. The summed E-state index contributed by atoms with van der Waals surface area (Å²) in [5, 5.41) is 21.8. The highest BCUT2D eigenvalue weighted by atomic mass is 32.2. The van der Waals surface area contributed by atoms with Gasteiger partial charge in [0.05, 0.1) is 16.1 Å². The molecule has 28 heavy (non-hydrogen) atoms. The van der Waals surface area contributed by atoms with Crippen molar-refractivity contribution in [3.8, 4) is 17.2 Å². The Morgan fingerprint density at radius 3 is 2.64 bits per heavy atom. The SMILES string of the molecule is CS(=O)(=O)c1cccc(-c2ccc3c(NCCC4CC4)c(C#N)nnc3c2)c1. The molecule has 7 heteroatoms. The minimum atomic E-state index is -3.28. The first-order valence-corrected chi connectivity index (χ1v) is 11.1. The van der Waals surface area contributed by atoms with Crippen molar-refractivity contribution in [2.24, 2.45) is 5.92 Å². The quantitative estimate of drug-likeness (QED) is 0.686. The van der Waals surface area contributed by atoms with Gasteiger partial charge in [-0.3, -0.25) is 0 Å². The number of fused-ring (bicyclic) bond motifs is 1. The lowest BCUT2D eigenvalue weighted by Crippen LogP contribution is -2.07. The maximum atomic E-state index is 11.8. The maximum absolute atomic E-state index is 11.8. The van der Waals surface area contributed by atoms with E-state index in [0.29, 0.717) is 11.2 Å². The number of hydrogen-bond donors (Lipinski definition) is 1. The van der Waals surface area contributed by atoms with Crippen LogP contribution in [0.3, 0.4) is 0 Å². The van der Waals surface area contributed by atoms with Gasteiger partial charge in [-0.1, -0.05) is 31.0 Å². The molecule has 1 aliphatic carbocycles. The topological polar surface area (TPSA) is 95.7 Å². The molecule has 142 valence electrons. The van der Waals surface area contributed by atoms with E-state index in [0.717, 1.165) is 35.4 Å². The zero-order chi connectivity index (χ0) is 19.7. The molecule has 1 saturated carbocycles. The number of anilines is 1. The molecule has 1 N–H and O–H groups in total. The number of aromatic nitrogens is 2. The minimum absolute atomic E-state index is 0.276. The van der Waals surface area contributed by atoms with Crippen molar-refractivity contribution in [2.75, 3.05) is 18.1 Å². The summed E-state index contributed by atoms with van der Waals surface area (Å²) in [5.41, 5.74) is 3.30. The van der Waals surface area contributed by atoms with Gasteiger partial charge >= 0.3 is 0 Å². The standard InChI is InChI=1S/C21H20N4O2S/c1-28(26,27)17-4-2-3-15(11-17)16-7-8-18-19(12-16)24-25-20(13-22)21(18)23-10-9-14-5-6-14/h2-4,7-8,11-12,14H,5-6,9-10H2,1H3,(H,23,24). The lowest BCUT2D eigenvalue weighted by molar-refractivity contribution is 0.602. The fraction of sp³-hybridized carbons (Fsp3) is 0.286. The zero-order valence-corrected chi connectivity index (χ0v) is 16.3. The van der Waals surface area contributed by atoms with Crippen LogP contribution in [0.5, 0.6) is 0 Å². The number of sulfone groups is 1. The van der Waals surface area contributed by atoms with E-state index in [1.54, 1.807) is 18.2 Å². The van der Waals surface area contributed by atoms with Crippen LogP contribution >= 0.6 is 0 Å². The molecule has 3 aromatic rings. The third kappa shape index (κ3) is 3.82. The molecule has 0 spiro atoms. The van der Waals surface area contributed by atoms with Crippen molar-refractivity contribution in [2.45, 2.75) is 24.2 Å². The summed E-state index contributed by atoms with van der Waals surface area (Å²) in [6, 6.07) is 14.6. The van der Waals surface area contributed by atoms with E-state index in [1.807, 2.05) is 24.3 Å². The fourth-order valence-corrected chi connectivity index (χ4v) is 3.92. The van der Waals surface area contributed by atoms with Crippen molar-refractivity contribution in [3.05, 3.63) is 48.2 Å². The molecule has 0 amide bonds. The van der Waals surface area contributed by atoms with Gasteiger partial charge in [0.2, 0.25) is 0 Å². The van der Waals surface area contributed by atoms with Gasteiger partial charge in [0.1, 0.15) is 6.07 Å². The van der Waals surface area contributed by atoms with E-state index in [9.17, 15) is 13.7 Å². The van der Waals surface area contributed by atoms with Crippen LogP contribution in [0.25, 0.3) is 22.0 Å². The molecule has 1 aliphatic rings. The predicted molar refractivity (Wildman–Crippen MR) is 109 cm³/mol. The Kier molecular flexibility index (Phi) is 4.73. The first kappa shape index (κ1) is 18.4. The van der Waals surface area contributed by atoms with E-state index in [-0.39, 0.29) is 10.6 Å². The summed E-state index contributed by atoms with van der Waals surface area (Å²) in [4.78, 5) is 0.276. The molecule has 1 heterocycles.